The predicted molar refractivity (Wildman–Crippen MR) is 169 cm³/mol. The number of nitrogens with zero attached hydrogens (tertiary/aromatic N) is 2. The quantitative estimate of drug-likeness (QED) is 0.0622. The monoisotopic (exact) mass is 587 g/mol. The van der Waals surface area contributed by atoms with E-state index in [1.165, 1.54) is 108 Å². The van der Waals surface area contributed by atoms with Crippen LogP contribution in [0.25, 0.3) is 0 Å². The van der Waals surface area contributed by atoms with Gasteiger partial charge in [-0.1, -0.05) is 134 Å². The first kappa shape index (κ1) is 39.2. The van der Waals surface area contributed by atoms with E-state index in [9.17, 15) is 9.67 Å². The third-order valence-electron chi connectivity index (χ3n) is 7.01. The standard InChI is InChI=1S/C27H49NO.C5H14NO4P/c1-2-3-4-5-6-7-8-9-10-11-12-13-14-15-16-20-23-28(24-25-29)26-27-21-18-17-19-22-27;1-6(2,3)4-5-10-11(7,8)9/h17-19,21-22,29H,2-16,20,23-26H2,1H3;4-5H2,1-3H3,(H-,7,8,9)/p+1. The molecule has 236 valence electrons. The molecule has 0 atom stereocenters. The van der Waals surface area contributed by atoms with Gasteiger partial charge in [-0.05, 0) is 18.5 Å². The summed E-state index contributed by atoms with van der Waals surface area (Å²) in [6.07, 6.45) is 22.6. The minimum Gasteiger partial charge on any atom is -0.395 e. The van der Waals surface area contributed by atoms with Gasteiger partial charge in [-0.3, -0.25) is 9.42 Å². The number of unbranched alkanes of at least 4 members (excludes halogenated alkanes) is 15. The van der Waals surface area contributed by atoms with Gasteiger partial charge >= 0.3 is 7.82 Å². The molecule has 0 saturated heterocycles. The number of benzene rings is 1. The number of phosphoric acid groups is 1. The van der Waals surface area contributed by atoms with Crippen molar-refractivity contribution in [1.82, 2.24) is 4.90 Å². The number of hydrogen-bond acceptors (Lipinski definition) is 4. The Kier molecular flexibility index (Phi) is 25.4. The van der Waals surface area contributed by atoms with Crippen molar-refractivity contribution < 1.29 is 28.5 Å². The topological polar surface area (TPSA) is 90.2 Å². The number of rotatable bonds is 25. The third-order valence-corrected chi connectivity index (χ3v) is 7.53. The second-order valence-corrected chi connectivity index (χ2v) is 13.4. The molecule has 1 aromatic carbocycles. The highest BCUT2D eigenvalue weighted by Crippen LogP contribution is 2.35. The van der Waals surface area contributed by atoms with Gasteiger partial charge in [0, 0.05) is 13.1 Å². The minimum atomic E-state index is -4.26. The normalized spacial score (nSPS) is 12.0. The Morgan fingerprint density at radius 2 is 1.18 bits per heavy atom. The molecule has 0 unspecified atom stereocenters. The summed E-state index contributed by atoms with van der Waals surface area (Å²) in [5.74, 6) is 0. The Balaban J connectivity index is 0.00000116. The summed E-state index contributed by atoms with van der Waals surface area (Å²) in [7, 11) is 1.50. The van der Waals surface area contributed by atoms with Gasteiger partial charge in [-0.2, -0.15) is 0 Å². The molecule has 0 amide bonds. The van der Waals surface area contributed by atoms with Crippen LogP contribution in [0.2, 0.25) is 0 Å². The summed E-state index contributed by atoms with van der Waals surface area (Å²) in [5, 5.41) is 9.31. The van der Waals surface area contributed by atoms with Gasteiger partial charge in [-0.15, -0.1) is 0 Å². The molecule has 0 bridgehead atoms. The molecule has 1 aromatic rings. The molecule has 0 aromatic heterocycles. The fraction of sp³-hybridized carbons (Fsp3) is 0.812. The summed E-state index contributed by atoms with van der Waals surface area (Å²) in [4.78, 5) is 19.0. The molecule has 1 rings (SSSR count). The van der Waals surface area contributed by atoms with E-state index in [0.717, 1.165) is 19.6 Å². The minimum absolute atomic E-state index is 0.0772. The molecular formula is C32H64N2O5P+. The fourth-order valence-corrected chi connectivity index (χ4v) is 4.89. The lowest BCUT2D eigenvalue weighted by Gasteiger charge is -2.23. The van der Waals surface area contributed by atoms with Crippen molar-refractivity contribution in [3.05, 3.63) is 35.9 Å². The fourth-order valence-electron chi connectivity index (χ4n) is 4.57. The van der Waals surface area contributed by atoms with Crippen molar-refractivity contribution in [2.75, 3.05) is 54.0 Å². The Morgan fingerprint density at radius 3 is 1.57 bits per heavy atom. The summed E-state index contributed by atoms with van der Waals surface area (Å²) in [5.41, 5.74) is 1.34. The maximum absolute atomic E-state index is 10.2. The molecule has 0 aliphatic heterocycles. The van der Waals surface area contributed by atoms with E-state index in [1.807, 2.05) is 21.1 Å². The second-order valence-electron chi connectivity index (χ2n) is 12.1. The molecule has 40 heavy (non-hydrogen) atoms. The van der Waals surface area contributed by atoms with E-state index in [0.29, 0.717) is 11.0 Å². The van der Waals surface area contributed by atoms with E-state index in [-0.39, 0.29) is 13.2 Å². The molecule has 8 heteroatoms. The smallest absolute Gasteiger partial charge is 0.395 e. The average molecular weight is 588 g/mol. The third kappa shape index (κ3) is 30.2. The van der Waals surface area contributed by atoms with Crippen LogP contribution in [-0.4, -0.2) is 78.3 Å². The zero-order valence-electron chi connectivity index (χ0n) is 26.4. The van der Waals surface area contributed by atoms with Crippen molar-refractivity contribution in [2.45, 2.75) is 116 Å². The molecule has 0 aliphatic carbocycles. The van der Waals surface area contributed by atoms with Gasteiger partial charge < -0.3 is 19.4 Å². The molecule has 0 saturated carbocycles. The van der Waals surface area contributed by atoms with Crippen LogP contribution >= 0.6 is 7.82 Å². The average Bonchev–Trinajstić information content (AvgIpc) is 2.88. The van der Waals surface area contributed by atoms with Crippen LogP contribution in [0.4, 0.5) is 0 Å². The highest BCUT2D eigenvalue weighted by atomic mass is 31.2. The molecule has 0 aliphatic rings. The van der Waals surface area contributed by atoms with Gasteiger partial charge in [0.25, 0.3) is 0 Å². The van der Waals surface area contributed by atoms with Gasteiger partial charge in [0.15, 0.2) is 0 Å². The van der Waals surface area contributed by atoms with Gasteiger partial charge in [0.1, 0.15) is 13.2 Å². The molecular weight excluding hydrogens is 523 g/mol. The Hall–Kier alpha value is -0.790. The largest absolute Gasteiger partial charge is 0.469 e. The van der Waals surface area contributed by atoms with Crippen molar-refractivity contribution in [1.29, 1.82) is 0 Å². The van der Waals surface area contributed by atoms with Gasteiger partial charge in [0.05, 0.1) is 27.7 Å². The molecule has 0 heterocycles. The van der Waals surface area contributed by atoms with E-state index in [4.69, 9.17) is 9.79 Å². The first-order valence-corrected chi connectivity index (χ1v) is 17.5. The lowest BCUT2D eigenvalue weighted by Crippen LogP contribution is -2.37. The first-order valence-electron chi connectivity index (χ1n) is 15.9. The Bertz CT molecular complexity index is 709. The van der Waals surface area contributed by atoms with Gasteiger partial charge in [-0.25, -0.2) is 4.57 Å². The summed E-state index contributed by atoms with van der Waals surface area (Å²) in [6.45, 7) is 6.05. The zero-order valence-corrected chi connectivity index (χ0v) is 27.3. The van der Waals surface area contributed by atoms with E-state index in [2.05, 4.69) is 46.7 Å². The van der Waals surface area contributed by atoms with Crippen molar-refractivity contribution in [3.63, 3.8) is 0 Å². The summed E-state index contributed by atoms with van der Waals surface area (Å²) >= 11 is 0. The van der Waals surface area contributed by atoms with Crippen LogP contribution in [-0.2, 0) is 15.6 Å². The SMILES string of the molecule is CCCCCCCCCCCCCCCCCCN(CCO)Cc1ccccc1.C[N+](C)(C)CCOP(=O)(O)O. The number of hydrogen-bond donors (Lipinski definition) is 3. The molecule has 0 spiro atoms. The first-order chi connectivity index (χ1) is 19.1. The van der Waals surface area contributed by atoms with Crippen LogP contribution in [0.5, 0.6) is 0 Å². The molecule has 3 N–H and O–H groups in total. The lowest BCUT2D eigenvalue weighted by molar-refractivity contribution is -0.870. The van der Waals surface area contributed by atoms with E-state index < -0.39 is 7.82 Å². The Labute approximate surface area is 247 Å². The van der Waals surface area contributed by atoms with Crippen LogP contribution in [0.3, 0.4) is 0 Å². The second kappa shape index (κ2) is 25.9. The summed E-state index contributed by atoms with van der Waals surface area (Å²) < 4.78 is 15.1. The lowest BCUT2D eigenvalue weighted by atomic mass is 10.0. The predicted octanol–water partition coefficient (Wildman–Crippen LogP) is 7.54. The van der Waals surface area contributed by atoms with Crippen molar-refractivity contribution >= 4 is 7.82 Å². The summed E-state index contributed by atoms with van der Waals surface area (Å²) in [6, 6.07) is 10.6. The number of phosphoric ester groups is 1. The number of aliphatic hydroxyl groups excluding tert-OH is 1. The van der Waals surface area contributed by atoms with Crippen molar-refractivity contribution in [3.8, 4) is 0 Å². The molecule has 0 radical (unpaired) electrons. The number of quaternary nitrogens is 1. The van der Waals surface area contributed by atoms with Gasteiger partial charge in [0.2, 0.25) is 0 Å². The maximum Gasteiger partial charge on any atom is 0.469 e. The van der Waals surface area contributed by atoms with Crippen LogP contribution in [0.15, 0.2) is 30.3 Å². The van der Waals surface area contributed by atoms with E-state index in [1.54, 1.807) is 0 Å². The highest BCUT2D eigenvalue weighted by molar-refractivity contribution is 7.46. The molecule has 0 fully saturated rings. The zero-order chi connectivity index (χ0) is 30.0. The number of aliphatic hydroxyl groups is 1. The molecule has 7 nitrogen and oxygen atoms in total. The number of likely N-dealkylation sites (N-methyl/N-ethyl adjacent to an activating group) is 1. The highest BCUT2D eigenvalue weighted by Gasteiger charge is 2.16. The van der Waals surface area contributed by atoms with Crippen LogP contribution < -0.4 is 0 Å². The van der Waals surface area contributed by atoms with Crippen molar-refractivity contribution in [2.24, 2.45) is 0 Å². The van der Waals surface area contributed by atoms with Crippen LogP contribution in [0, 0.1) is 0 Å². The van der Waals surface area contributed by atoms with E-state index >= 15 is 0 Å². The maximum atomic E-state index is 10.2. The van der Waals surface area contributed by atoms with Crippen LogP contribution in [0.1, 0.15) is 115 Å². The Morgan fingerprint density at radius 1 is 0.725 bits per heavy atom.